The van der Waals surface area contributed by atoms with E-state index < -0.39 is 5.25 Å². The molecule has 1 aliphatic heterocycles. The van der Waals surface area contributed by atoms with Gasteiger partial charge in [0.15, 0.2) is 5.17 Å². The summed E-state index contributed by atoms with van der Waals surface area (Å²) in [5, 5.41) is 3.30. The number of nitrogens with zero attached hydrogens (tertiary/aromatic N) is 2. The predicted molar refractivity (Wildman–Crippen MR) is 148 cm³/mol. The van der Waals surface area contributed by atoms with Crippen LogP contribution in [0.2, 0.25) is 0 Å². The molecule has 3 aromatic carbocycles. The summed E-state index contributed by atoms with van der Waals surface area (Å²) in [6.45, 7) is 2.85. The summed E-state index contributed by atoms with van der Waals surface area (Å²) >= 11 is 1.28. The average molecular weight is 502 g/mol. The highest BCUT2D eigenvalue weighted by atomic mass is 32.2. The Bertz CT molecular complexity index is 1170. The molecule has 0 aromatic heterocycles. The van der Waals surface area contributed by atoms with Crippen LogP contribution in [-0.2, 0) is 9.59 Å². The van der Waals surface area contributed by atoms with Crippen molar-refractivity contribution in [3.05, 3.63) is 84.9 Å². The van der Waals surface area contributed by atoms with Gasteiger partial charge in [-0.1, -0.05) is 74.3 Å². The number of nitrogens with one attached hydrogen (secondary N) is 1. The molecule has 1 heterocycles. The van der Waals surface area contributed by atoms with E-state index in [1.807, 2.05) is 72.8 Å². The number of rotatable bonds is 10. The van der Waals surface area contributed by atoms with Crippen molar-refractivity contribution in [3.63, 3.8) is 0 Å². The molecule has 0 bridgehead atoms. The van der Waals surface area contributed by atoms with Crippen molar-refractivity contribution >= 4 is 45.8 Å². The molecule has 7 heteroatoms. The van der Waals surface area contributed by atoms with Gasteiger partial charge in [0.1, 0.15) is 11.0 Å². The molecule has 0 spiro atoms. The molecule has 1 fully saturated rings. The van der Waals surface area contributed by atoms with Crippen LogP contribution in [0.5, 0.6) is 5.75 Å². The van der Waals surface area contributed by atoms with Crippen LogP contribution in [0.15, 0.2) is 89.9 Å². The first-order valence-electron chi connectivity index (χ1n) is 12.4. The lowest BCUT2D eigenvalue weighted by molar-refractivity contribution is -0.121. The number of amidine groups is 1. The number of para-hydroxylation sites is 2. The van der Waals surface area contributed by atoms with Gasteiger partial charge in [-0.25, -0.2) is 9.89 Å². The summed E-state index contributed by atoms with van der Waals surface area (Å²) in [5.74, 6) is 0.281. The molecule has 4 rings (SSSR count). The van der Waals surface area contributed by atoms with Gasteiger partial charge < -0.3 is 10.1 Å². The fourth-order valence-corrected chi connectivity index (χ4v) is 4.90. The van der Waals surface area contributed by atoms with E-state index in [0.717, 1.165) is 30.0 Å². The molecule has 186 valence electrons. The monoisotopic (exact) mass is 501 g/mol. The minimum Gasteiger partial charge on any atom is -0.494 e. The van der Waals surface area contributed by atoms with Crippen molar-refractivity contribution in [1.29, 1.82) is 0 Å². The Labute approximate surface area is 216 Å². The molecular formula is C29H31N3O3S. The Kier molecular flexibility index (Phi) is 9.16. The smallest absolute Gasteiger partial charge is 0.247 e. The van der Waals surface area contributed by atoms with Crippen LogP contribution in [0.1, 0.15) is 39.0 Å². The Morgan fingerprint density at radius 2 is 1.64 bits per heavy atom. The summed E-state index contributed by atoms with van der Waals surface area (Å²) < 4.78 is 5.79. The highest BCUT2D eigenvalue weighted by Gasteiger charge is 2.40. The molecule has 3 aromatic rings. The zero-order valence-corrected chi connectivity index (χ0v) is 21.2. The number of carbonyl (C=O) groups is 2. The van der Waals surface area contributed by atoms with Gasteiger partial charge in [0.2, 0.25) is 11.8 Å². The third-order valence-electron chi connectivity index (χ3n) is 5.73. The van der Waals surface area contributed by atoms with E-state index in [1.165, 1.54) is 29.5 Å². The second kappa shape index (κ2) is 12.9. The van der Waals surface area contributed by atoms with E-state index in [0.29, 0.717) is 17.5 Å². The van der Waals surface area contributed by atoms with E-state index >= 15 is 0 Å². The topological polar surface area (TPSA) is 71.0 Å². The number of aliphatic imine (C=N–C) groups is 1. The van der Waals surface area contributed by atoms with Gasteiger partial charge in [-0.05, 0) is 55.0 Å². The summed E-state index contributed by atoms with van der Waals surface area (Å²) in [4.78, 5) is 32.1. The summed E-state index contributed by atoms with van der Waals surface area (Å²) in [6.07, 6.45) is 4.68. The maximum Gasteiger partial charge on any atom is 0.247 e. The molecule has 0 unspecified atom stereocenters. The van der Waals surface area contributed by atoms with Crippen molar-refractivity contribution in [2.75, 3.05) is 16.8 Å². The van der Waals surface area contributed by atoms with Gasteiger partial charge >= 0.3 is 0 Å². The minimum absolute atomic E-state index is 0.115. The average Bonchev–Trinajstić information content (AvgIpc) is 3.18. The van der Waals surface area contributed by atoms with E-state index in [9.17, 15) is 9.59 Å². The summed E-state index contributed by atoms with van der Waals surface area (Å²) in [6, 6.07) is 26.4. The molecule has 36 heavy (non-hydrogen) atoms. The maximum absolute atomic E-state index is 13.3. The number of thioether (sulfide) groups is 1. The SMILES string of the molecule is CCCCCCOc1ccc(N2C(=O)C[C@H](SC(=Nc3ccccc3)Nc3ccccc3)C2=O)cc1. The maximum atomic E-state index is 13.3. The van der Waals surface area contributed by atoms with Gasteiger partial charge in [0.05, 0.1) is 18.0 Å². The summed E-state index contributed by atoms with van der Waals surface area (Å²) in [7, 11) is 0. The highest BCUT2D eigenvalue weighted by Crippen LogP contribution is 2.32. The van der Waals surface area contributed by atoms with Gasteiger partial charge in [0.25, 0.3) is 0 Å². The number of benzene rings is 3. The van der Waals surface area contributed by atoms with E-state index in [4.69, 9.17) is 9.73 Å². The second-order valence-electron chi connectivity index (χ2n) is 8.52. The van der Waals surface area contributed by atoms with Gasteiger partial charge in [-0.3, -0.25) is 9.59 Å². The van der Waals surface area contributed by atoms with Crippen molar-refractivity contribution < 1.29 is 14.3 Å². The van der Waals surface area contributed by atoms with Gasteiger partial charge in [0, 0.05) is 12.1 Å². The normalized spacial score (nSPS) is 15.9. The fraction of sp³-hybridized carbons (Fsp3) is 0.276. The first-order valence-corrected chi connectivity index (χ1v) is 13.2. The van der Waals surface area contributed by atoms with E-state index in [-0.39, 0.29) is 18.2 Å². The lowest BCUT2D eigenvalue weighted by atomic mass is 10.2. The third kappa shape index (κ3) is 6.98. The Morgan fingerprint density at radius 1 is 0.944 bits per heavy atom. The van der Waals surface area contributed by atoms with Crippen LogP contribution in [0.4, 0.5) is 17.1 Å². The minimum atomic E-state index is -0.564. The molecule has 1 aliphatic rings. The van der Waals surface area contributed by atoms with Gasteiger partial charge in [-0.2, -0.15) is 0 Å². The number of hydrogen-bond acceptors (Lipinski definition) is 5. The number of carbonyl (C=O) groups excluding carboxylic acids is 2. The number of amides is 2. The standard InChI is InChI=1S/C29H31N3O3S/c1-2-3-4-11-20-35-25-18-16-24(17-19-25)32-27(33)21-26(28(32)34)36-29(30-22-12-7-5-8-13-22)31-23-14-9-6-10-15-23/h5-10,12-19,26H,2-4,11,20-21H2,1H3,(H,30,31)/t26-/m0/s1. The van der Waals surface area contributed by atoms with Crippen LogP contribution in [0.25, 0.3) is 0 Å². The Hall–Kier alpha value is -3.58. The molecule has 2 amide bonds. The van der Waals surface area contributed by atoms with Crippen LogP contribution in [-0.4, -0.2) is 28.8 Å². The summed E-state index contributed by atoms with van der Waals surface area (Å²) in [5.41, 5.74) is 2.19. The Morgan fingerprint density at radius 3 is 2.33 bits per heavy atom. The van der Waals surface area contributed by atoms with Gasteiger partial charge in [-0.15, -0.1) is 0 Å². The van der Waals surface area contributed by atoms with E-state index in [1.54, 1.807) is 12.1 Å². The molecule has 1 saturated heterocycles. The number of unbranched alkanes of at least 4 members (excludes halogenated alkanes) is 3. The lowest BCUT2D eigenvalue weighted by Gasteiger charge is -2.16. The molecular weight excluding hydrogens is 470 g/mol. The molecule has 0 saturated carbocycles. The zero-order chi connectivity index (χ0) is 25.2. The number of imide groups is 1. The van der Waals surface area contributed by atoms with Crippen molar-refractivity contribution in [1.82, 2.24) is 0 Å². The quantitative estimate of drug-likeness (QED) is 0.143. The van der Waals surface area contributed by atoms with Crippen molar-refractivity contribution in [2.24, 2.45) is 4.99 Å². The van der Waals surface area contributed by atoms with Crippen LogP contribution < -0.4 is 15.0 Å². The molecule has 1 atom stereocenters. The van der Waals surface area contributed by atoms with Crippen molar-refractivity contribution in [3.8, 4) is 5.75 Å². The van der Waals surface area contributed by atoms with Crippen molar-refractivity contribution in [2.45, 2.75) is 44.3 Å². The first kappa shape index (κ1) is 25.5. The number of anilines is 2. The molecule has 0 radical (unpaired) electrons. The first-order chi connectivity index (χ1) is 17.6. The molecule has 1 N–H and O–H groups in total. The predicted octanol–water partition coefficient (Wildman–Crippen LogP) is 6.81. The Balaban J connectivity index is 1.44. The second-order valence-corrected chi connectivity index (χ2v) is 9.72. The third-order valence-corrected chi connectivity index (χ3v) is 6.80. The fourth-order valence-electron chi connectivity index (χ4n) is 3.86. The van der Waals surface area contributed by atoms with Crippen LogP contribution >= 0.6 is 11.8 Å². The van der Waals surface area contributed by atoms with E-state index in [2.05, 4.69) is 12.2 Å². The van der Waals surface area contributed by atoms with Crippen LogP contribution in [0, 0.1) is 0 Å². The highest BCUT2D eigenvalue weighted by molar-refractivity contribution is 8.15. The largest absolute Gasteiger partial charge is 0.494 e. The van der Waals surface area contributed by atoms with Crippen LogP contribution in [0.3, 0.4) is 0 Å². The number of ether oxygens (including phenoxy) is 1. The number of hydrogen-bond donors (Lipinski definition) is 1. The lowest BCUT2D eigenvalue weighted by Crippen LogP contribution is -2.31. The molecule has 0 aliphatic carbocycles. The molecule has 6 nitrogen and oxygen atoms in total. The zero-order valence-electron chi connectivity index (χ0n) is 20.4.